The minimum Gasteiger partial charge on any atom is -0.459 e. The van der Waals surface area contributed by atoms with Gasteiger partial charge in [0.1, 0.15) is 11.5 Å². The number of rotatable bonds is 4. The molecular weight excluding hydrogens is 376 g/mol. The Morgan fingerprint density at radius 1 is 0.783 bits per heavy atom. The lowest BCUT2D eigenvalue weighted by atomic mass is 10.2. The Labute approximate surface area is 153 Å². The summed E-state index contributed by atoms with van der Waals surface area (Å²) in [6.07, 6.45) is 0. The Morgan fingerprint density at radius 2 is 1.48 bits per heavy atom. The van der Waals surface area contributed by atoms with Gasteiger partial charge in [-0.2, -0.15) is 0 Å². The van der Waals surface area contributed by atoms with Gasteiger partial charge in [0.05, 0.1) is 22.3 Å². The second-order valence-electron chi connectivity index (χ2n) is 4.87. The van der Waals surface area contributed by atoms with Crippen molar-refractivity contribution in [1.82, 2.24) is 0 Å². The number of benzene rings is 2. The Kier molecular flexibility index (Phi) is 5.08. The summed E-state index contributed by atoms with van der Waals surface area (Å²) in [6.45, 7) is 0.470. The maximum Gasteiger partial charge on any atom is 0.135 e. The number of furan rings is 1. The fourth-order valence-corrected chi connectivity index (χ4v) is 2.86. The average molecular weight is 387 g/mol. The van der Waals surface area contributed by atoms with E-state index in [0.717, 1.165) is 17.0 Å². The van der Waals surface area contributed by atoms with Crippen LogP contribution >= 0.6 is 46.4 Å². The molecule has 1 N–H and O–H groups in total. The summed E-state index contributed by atoms with van der Waals surface area (Å²) >= 11 is 24.3. The van der Waals surface area contributed by atoms with Gasteiger partial charge >= 0.3 is 0 Å². The van der Waals surface area contributed by atoms with E-state index < -0.39 is 0 Å². The standard InChI is InChI=1S/C17H11Cl4NO/c18-10-1-4-14(20)13(7-10)17-6-3-12(23-17)9-22-16-8-11(19)2-5-15(16)21/h1-8,22H,9H2. The fraction of sp³-hybridized carbons (Fsp3) is 0.0588. The van der Waals surface area contributed by atoms with Gasteiger partial charge in [-0.3, -0.25) is 0 Å². The van der Waals surface area contributed by atoms with Crippen LogP contribution in [0.5, 0.6) is 0 Å². The van der Waals surface area contributed by atoms with Crippen molar-refractivity contribution >= 4 is 52.1 Å². The summed E-state index contributed by atoms with van der Waals surface area (Å²) in [7, 11) is 0. The number of hydrogen-bond donors (Lipinski definition) is 1. The van der Waals surface area contributed by atoms with Crippen LogP contribution in [0, 0.1) is 0 Å². The normalized spacial score (nSPS) is 10.8. The molecular formula is C17H11Cl4NO. The van der Waals surface area contributed by atoms with E-state index in [1.54, 1.807) is 36.4 Å². The van der Waals surface area contributed by atoms with Crippen molar-refractivity contribution in [2.24, 2.45) is 0 Å². The lowest BCUT2D eigenvalue weighted by molar-refractivity contribution is 0.531. The van der Waals surface area contributed by atoms with Crippen LogP contribution in [0.25, 0.3) is 11.3 Å². The second kappa shape index (κ2) is 7.06. The number of hydrogen-bond acceptors (Lipinski definition) is 2. The number of halogens is 4. The average Bonchev–Trinajstić information content (AvgIpc) is 2.99. The van der Waals surface area contributed by atoms with Crippen LogP contribution in [0.4, 0.5) is 5.69 Å². The monoisotopic (exact) mass is 385 g/mol. The van der Waals surface area contributed by atoms with Gasteiger partial charge in [0, 0.05) is 15.6 Å². The van der Waals surface area contributed by atoms with Crippen molar-refractivity contribution in [2.45, 2.75) is 6.54 Å². The van der Waals surface area contributed by atoms with Crippen LogP contribution < -0.4 is 5.32 Å². The van der Waals surface area contributed by atoms with Crippen molar-refractivity contribution in [1.29, 1.82) is 0 Å². The van der Waals surface area contributed by atoms with E-state index in [9.17, 15) is 0 Å². The Bertz CT molecular complexity index is 844. The van der Waals surface area contributed by atoms with Crippen molar-refractivity contribution < 1.29 is 4.42 Å². The minimum atomic E-state index is 0.470. The third kappa shape index (κ3) is 3.96. The summed E-state index contributed by atoms with van der Waals surface area (Å²) in [5.74, 6) is 1.40. The van der Waals surface area contributed by atoms with Crippen LogP contribution in [0.3, 0.4) is 0 Å². The minimum absolute atomic E-state index is 0.470. The lowest BCUT2D eigenvalue weighted by Gasteiger charge is -2.07. The Morgan fingerprint density at radius 3 is 2.26 bits per heavy atom. The SMILES string of the molecule is Clc1ccc(Cl)c(NCc2ccc(-c3cc(Cl)ccc3Cl)o2)c1. The van der Waals surface area contributed by atoms with E-state index in [2.05, 4.69) is 5.32 Å². The summed E-state index contributed by atoms with van der Waals surface area (Å²) in [4.78, 5) is 0. The van der Waals surface area contributed by atoms with E-state index in [0.29, 0.717) is 32.4 Å². The van der Waals surface area contributed by atoms with E-state index in [4.69, 9.17) is 50.8 Å². The smallest absolute Gasteiger partial charge is 0.135 e. The molecule has 0 saturated heterocycles. The van der Waals surface area contributed by atoms with Crippen LogP contribution in [0.15, 0.2) is 52.9 Å². The lowest BCUT2D eigenvalue weighted by Crippen LogP contribution is -1.98. The molecule has 6 heteroatoms. The highest BCUT2D eigenvalue weighted by atomic mass is 35.5. The van der Waals surface area contributed by atoms with Crippen LogP contribution in [-0.4, -0.2) is 0 Å². The molecule has 0 aliphatic heterocycles. The van der Waals surface area contributed by atoms with Crippen molar-refractivity contribution in [3.8, 4) is 11.3 Å². The zero-order valence-electron chi connectivity index (χ0n) is 11.7. The quantitative estimate of drug-likeness (QED) is 0.513. The third-order valence-electron chi connectivity index (χ3n) is 3.24. The topological polar surface area (TPSA) is 25.2 Å². The highest BCUT2D eigenvalue weighted by Crippen LogP contribution is 2.32. The molecule has 0 radical (unpaired) electrons. The first-order valence-corrected chi connectivity index (χ1v) is 8.27. The molecule has 0 spiro atoms. The van der Waals surface area contributed by atoms with Gasteiger partial charge in [-0.1, -0.05) is 46.4 Å². The van der Waals surface area contributed by atoms with E-state index in [1.807, 2.05) is 12.1 Å². The summed E-state index contributed by atoms with van der Waals surface area (Å²) < 4.78 is 5.82. The zero-order chi connectivity index (χ0) is 16.4. The van der Waals surface area contributed by atoms with Gasteiger partial charge in [-0.25, -0.2) is 0 Å². The summed E-state index contributed by atoms with van der Waals surface area (Å²) in [5.41, 5.74) is 1.50. The first-order chi connectivity index (χ1) is 11.0. The van der Waals surface area contributed by atoms with Crippen molar-refractivity contribution in [2.75, 3.05) is 5.32 Å². The maximum absolute atomic E-state index is 6.18. The molecule has 23 heavy (non-hydrogen) atoms. The molecule has 0 saturated carbocycles. The predicted octanol–water partition coefficient (Wildman–Crippen LogP) is 7.17. The molecule has 1 heterocycles. The molecule has 1 aromatic heterocycles. The number of anilines is 1. The molecule has 118 valence electrons. The highest BCUT2D eigenvalue weighted by Gasteiger charge is 2.10. The Balaban J connectivity index is 1.77. The molecule has 3 aromatic rings. The van der Waals surface area contributed by atoms with Gasteiger partial charge in [-0.15, -0.1) is 0 Å². The van der Waals surface area contributed by atoms with Crippen molar-refractivity contribution in [3.63, 3.8) is 0 Å². The number of nitrogens with one attached hydrogen (secondary N) is 1. The molecule has 0 unspecified atom stereocenters. The third-order valence-corrected chi connectivity index (χ3v) is 4.37. The van der Waals surface area contributed by atoms with Gasteiger partial charge in [0.25, 0.3) is 0 Å². The van der Waals surface area contributed by atoms with E-state index >= 15 is 0 Å². The van der Waals surface area contributed by atoms with Gasteiger partial charge in [0.2, 0.25) is 0 Å². The maximum atomic E-state index is 6.18. The fourth-order valence-electron chi connectivity index (χ4n) is 2.12. The van der Waals surface area contributed by atoms with Crippen molar-refractivity contribution in [3.05, 3.63) is 74.4 Å². The molecule has 2 nitrogen and oxygen atoms in total. The van der Waals surface area contributed by atoms with E-state index in [-0.39, 0.29) is 0 Å². The van der Waals surface area contributed by atoms with Gasteiger partial charge in [0.15, 0.2) is 0 Å². The molecule has 0 bridgehead atoms. The second-order valence-corrected chi connectivity index (χ2v) is 6.56. The van der Waals surface area contributed by atoms with Crippen LogP contribution in [0.1, 0.15) is 5.76 Å². The first-order valence-electron chi connectivity index (χ1n) is 6.76. The molecule has 0 aliphatic rings. The highest BCUT2D eigenvalue weighted by molar-refractivity contribution is 6.35. The van der Waals surface area contributed by atoms with Crippen LogP contribution in [-0.2, 0) is 6.54 Å². The Hall–Kier alpha value is -1.32. The molecule has 0 fully saturated rings. The van der Waals surface area contributed by atoms with E-state index in [1.165, 1.54) is 0 Å². The largest absolute Gasteiger partial charge is 0.459 e. The van der Waals surface area contributed by atoms with Gasteiger partial charge < -0.3 is 9.73 Å². The van der Waals surface area contributed by atoms with Gasteiger partial charge in [-0.05, 0) is 48.5 Å². The molecule has 2 aromatic carbocycles. The summed E-state index contributed by atoms with van der Waals surface area (Å²) in [5, 5.41) is 5.59. The summed E-state index contributed by atoms with van der Waals surface area (Å²) in [6, 6.07) is 14.2. The molecule has 0 atom stereocenters. The predicted molar refractivity (Wildman–Crippen MR) is 98.0 cm³/mol. The molecule has 3 rings (SSSR count). The molecule has 0 amide bonds. The van der Waals surface area contributed by atoms with Crippen LogP contribution in [0.2, 0.25) is 20.1 Å². The zero-order valence-corrected chi connectivity index (χ0v) is 14.8. The molecule has 0 aliphatic carbocycles. The first kappa shape index (κ1) is 16.5.